The Hall–Kier alpha value is -3.44. The predicted molar refractivity (Wildman–Crippen MR) is 108 cm³/mol. The topological polar surface area (TPSA) is 121 Å². The van der Waals surface area contributed by atoms with Gasteiger partial charge in [0.1, 0.15) is 17.2 Å². The summed E-state index contributed by atoms with van der Waals surface area (Å²) in [5.41, 5.74) is 1.19. The van der Waals surface area contributed by atoms with Gasteiger partial charge in [-0.05, 0) is 30.7 Å². The normalized spacial score (nSPS) is 16.0. The molecule has 3 heterocycles. The number of ether oxygens (including phenoxy) is 3. The summed E-state index contributed by atoms with van der Waals surface area (Å²) in [5, 5.41) is 6.71. The lowest BCUT2D eigenvalue weighted by Gasteiger charge is -2.21. The van der Waals surface area contributed by atoms with Crippen molar-refractivity contribution in [1.29, 1.82) is 0 Å². The van der Waals surface area contributed by atoms with Gasteiger partial charge in [-0.25, -0.2) is 14.4 Å². The molecule has 1 fully saturated rings. The van der Waals surface area contributed by atoms with Crippen molar-refractivity contribution in [1.82, 2.24) is 25.4 Å². The molecule has 1 atom stereocenters. The van der Waals surface area contributed by atoms with Gasteiger partial charge < -0.3 is 24.1 Å². The summed E-state index contributed by atoms with van der Waals surface area (Å²) >= 11 is 0. The highest BCUT2D eigenvalue weighted by atomic mass is 19.1. The standard InChI is InChI=1S/C21H22FN5O5/c1-12-24-16(20-26-19(32-27-20)8-14-11-30-5-6-31-14)9-17(25-12)21(28)23-10-13-3-4-15(22)18(7-13)29-2/h3-4,7,9,14H,5-6,8,10-11H2,1-2H3,(H,23,28). The van der Waals surface area contributed by atoms with Gasteiger partial charge in [-0.2, -0.15) is 4.98 Å². The van der Waals surface area contributed by atoms with Crippen LogP contribution in [0.1, 0.15) is 27.8 Å². The summed E-state index contributed by atoms with van der Waals surface area (Å²) < 4.78 is 34.8. The van der Waals surface area contributed by atoms with Gasteiger partial charge in [-0.15, -0.1) is 0 Å². The third-order valence-electron chi connectivity index (χ3n) is 4.72. The van der Waals surface area contributed by atoms with Crippen LogP contribution in [0.5, 0.6) is 5.75 Å². The lowest BCUT2D eigenvalue weighted by molar-refractivity contribution is -0.0893. The van der Waals surface area contributed by atoms with Crippen molar-refractivity contribution in [2.75, 3.05) is 26.9 Å². The number of halogens is 1. The molecule has 1 N–H and O–H groups in total. The molecule has 0 spiro atoms. The van der Waals surface area contributed by atoms with Gasteiger partial charge in [0.15, 0.2) is 11.6 Å². The van der Waals surface area contributed by atoms with Gasteiger partial charge in [0, 0.05) is 6.54 Å². The van der Waals surface area contributed by atoms with E-state index in [0.717, 1.165) is 0 Å². The first-order valence-corrected chi connectivity index (χ1v) is 10.0. The number of amides is 1. The van der Waals surface area contributed by atoms with Crippen molar-refractivity contribution < 1.29 is 27.9 Å². The minimum Gasteiger partial charge on any atom is -0.494 e. The molecular formula is C21H22FN5O5. The monoisotopic (exact) mass is 443 g/mol. The molecule has 1 unspecified atom stereocenters. The van der Waals surface area contributed by atoms with Crippen LogP contribution in [0, 0.1) is 12.7 Å². The summed E-state index contributed by atoms with van der Waals surface area (Å²) in [4.78, 5) is 25.5. The number of carbonyl (C=O) groups excluding carboxylic acids is 1. The third-order valence-corrected chi connectivity index (χ3v) is 4.72. The lowest BCUT2D eigenvalue weighted by atomic mass is 10.2. The van der Waals surface area contributed by atoms with Crippen LogP contribution < -0.4 is 10.1 Å². The summed E-state index contributed by atoms with van der Waals surface area (Å²) in [6.45, 7) is 3.41. The first-order valence-electron chi connectivity index (χ1n) is 10.0. The average Bonchev–Trinajstić information content (AvgIpc) is 3.27. The number of hydrogen-bond donors (Lipinski definition) is 1. The minimum absolute atomic E-state index is 0.106. The Bertz CT molecular complexity index is 1100. The van der Waals surface area contributed by atoms with E-state index in [1.54, 1.807) is 13.0 Å². The van der Waals surface area contributed by atoms with Crippen molar-refractivity contribution in [2.45, 2.75) is 26.0 Å². The maximum absolute atomic E-state index is 13.6. The molecule has 1 aliphatic rings. The molecular weight excluding hydrogens is 421 g/mol. The van der Waals surface area contributed by atoms with E-state index in [1.165, 1.54) is 25.3 Å². The van der Waals surface area contributed by atoms with Crippen LogP contribution in [0.2, 0.25) is 0 Å². The van der Waals surface area contributed by atoms with E-state index < -0.39 is 11.7 Å². The zero-order valence-corrected chi connectivity index (χ0v) is 17.6. The summed E-state index contributed by atoms with van der Waals surface area (Å²) in [6.07, 6.45) is 0.279. The van der Waals surface area contributed by atoms with E-state index in [-0.39, 0.29) is 29.9 Å². The second-order valence-electron chi connectivity index (χ2n) is 7.12. The van der Waals surface area contributed by atoms with Crippen LogP contribution in [0.15, 0.2) is 28.8 Å². The zero-order chi connectivity index (χ0) is 22.5. The number of methoxy groups -OCH3 is 1. The van der Waals surface area contributed by atoms with Crippen LogP contribution in [0.4, 0.5) is 4.39 Å². The highest BCUT2D eigenvalue weighted by Crippen LogP contribution is 2.19. The van der Waals surface area contributed by atoms with Gasteiger partial charge in [0.25, 0.3) is 5.91 Å². The van der Waals surface area contributed by atoms with Crippen LogP contribution in [0.25, 0.3) is 11.5 Å². The second kappa shape index (κ2) is 9.79. The Morgan fingerprint density at radius 2 is 2.12 bits per heavy atom. The smallest absolute Gasteiger partial charge is 0.270 e. The van der Waals surface area contributed by atoms with Crippen molar-refractivity contribution >= 4 is 5.91 Å². The highest BCUT2D eigenvalue weighted by molar-refractivity contribution is 5.93. The van der Waals surface area contributed by atoms with Gasteiger partial charge in [0.2, 0.25) is 11.7 Å². The number of benzene rings is 1. The van der Waals surface area contributed by atoms with Crippen molar-refractivity contribution in [2.24, 2.45) is 0 Å². The fourth-order valence-electron chi connectivity index (χ4n) is 3.18. The lowest BCUT2D eigenvalue weighted by Crippen LogP contribution is -2.30. The van der Waals surface area contributed by atoms with Gasteiger partial charge in [-0.1, -0.05) is 11.2 Å². The number of aryl methyl sites for hydroxylation is 1. The molecule has 1 saturated heterocycles. The Labute approximate surface area is 183 Å². The SMILES string of the molecule is COc1cc(CNC(=O)c2cc(-c3noc(CC4COCCO4)n3)nc(C)n2)ccc1F. The minimum atomic E-state index is -0.472. The number of nitrogens with one attached hydrogen (secondary N) is 1. The molecule has 10 nitrogen and oxygen atoms in total. The van der Waals surface area contributed by atoms with E-state index in [0.29, 0.717) is 49.2 Å². The van der Waals surface area contributed by atoms with Crippen LogP contribution in [-0.2, 0) is 22.4 Å². The van der Waals surface area contributed by atoms with Crippen LogP contribution >= 0.6 is 0 Å². The summed E-state index contributed by atoms with van der Waals surface area (Å²) in [7, 11) is 1.38. The van der Waals surface area contributed by atoms with Gasteiger partial charge >= 0.3 is 0 Å². The molecule has 2 aromatic heterocycles. The first-order chi connectivity index (χ1) is 15.5. The maximum atomic E-state index is 13.6. The fourth-order valence-corrected chi connectivity index (χ4v) is 3.18. The van der Waals surface area contributed by atoms with Crippen molar-refractivity contribution in [3.05, 3.63) is 53.1 Å². The van der Waals surface area contributed by atoms with Crippen LogP contribution in [-0.4, -0.2) is 59.1 Å². The molecule has 4 rings (SSSR count). The summed E-state index contributed by atoms with van der Waals surface area (Å²) in [6, 6.07) is 5.86. The molecule has 11 heteroatoms. The molecule has 0 saturated carbocycles. The second-order valence-corrected chi connectivity index (χ2v) is 7.12. The average molecular weight is 443 g/mol. The molecule has 32 heavy (non-hydrogen) atoms. The molecule has 1 aromatic carbocycles. The first kappa shape index (κ1) is 21.8. The van der Waals surface area contributed by atoms with Crippen molar-refractivity contribution in [3.8, 4) is 17.3 Å². The van der Waals surface area contributed by atoms with E-state index in [2.05, 4.69) is 25.4 Å². The quantitative estimate of drug-likeness (QED) is 0.583. The van der Waals surface area contributed by atoms with Gasteiger partial charge in [-0.3, -0.25) is 4.79 Å². The van der Waals surface area contributed by atoms with Crippen LogP contribution in [0.3, 0.4) is 0 Å². The fraction of sp³-hybridized carbons (Fsp3) is 0.381. The molecule has 3 aromatic rings. The van der Waals surface area contributed by atoms with E-state index >= 15 is 0 Å². The largest absolute Gasteiger partial charge is 0.494 e. The number of hydrogen-bond acceptors (Lipinski definition) is 9. The molecule has 1 amide bonds. The number of aromatic nitrogens is 4. The predicted octanol–water partition coefficient (Wildman–Crippen LogP) is 1.87. The third kappa shape index (κ3) is 5.24. The van der Waals surface area contributed by atoms with E-state index in [1.807, 2.05) is 0 Å². The number of nitrogens with zero attached hydrogens (tertiary/aromatic N) is 4. The molecule has 0 bridgehead atoms. The van der Waals surface area contributed by atoms with Gasteiger partial charge in [0.05, 0.1) is 39.5 Å². The Morgan fingerprint density at radius 3 is 2.91 bits per heavy atom. The van der Waals surface area contributed by atoms with E-state index in [4.69, 9.17) is 18.7 Å². The number of rotatable bonds is 7. The van der Waals surface area contributed by atoms with E-state index in [9.17, 15) is 9.18 Å². The highest BCUT2D eigenvalue weighted by Gasteiger charge is 2.20. The van der Waals surface area contributed by atoms with Crippen molar-refractivity contribution in [3.63, 3.8) is 0 Å². The molecule has 1 aliphatic heterocycles. The molecule has 0 radical (unpaired) electrons. The Kier molecular flexibility index (Phi) is 6.66. The maximum Gasteiger partial charge on any atom is 0.270 e. The Balaban J connectivity index is 1.44. The molecule has 168 valence electrons. The molecule has 0 aliphatic carbocycles. The Morgan fingerprint density at radius 1 is 1.25 bits per heavy atom. The number of carbonyl (C=O) groups is 1. The zero-order valence-electron chi connectivity index (χ0n) is 17.6. The summed E-state index contributed by atoms with van der Waals surface area (Å²) in [5.74, 6) is 0.237.